The molecule has 0 radical (unpaired) electrons. The maximum Gasteiger partial charge on any atom is 0.387 e. The third-order valence-electron chi connectivity index (χ3n) is 4.85. The molecule has 4 rings (SSSR count). The van der Waals surface area contributed by atoms with E-state index < -0.39 is 24.7 Å². The van der Waals surface area contributed by atoms with E-state index in [0.717, 1.165) is 0 Å². The highest BCUT2D eigenvalue weighted by atomic mass is 35.5. The highest BCUT2D eigenvalue weighted by Crippen LogP contribution is 2.45. The first-order chi connectivity index (χ1) is 13.3. The summed E-state index contributed by atoms with van der Waals surface area (Å²) in [7, 11) is 0. The van der Waals surface area contributed by atoms with E-state index in [1.165, 1.54) is 12.1 Å². The summed E-state index contributed by atoms with van der Waals surface area (Å²) in [5.41, 5.74) is 8.39. The molecular weight excluding hydrogens is 392 g/mol. The number of benzene rings is 2. The molecule has 1 aliphatic rings. The van der Waals surface area contributed by atoms with Gasteiger partial charge in [-0.2, -0.15) is 8.78 Å². The van der Waals surface area contributed by atoms with Crippen molar-refractivity contribution in [2.75, 3.05) is 0 Å². The van der Waals surface area contributed by atoms with Crippen LogP contribution in [0.1, 0.15) is 35.5 Å². The first kappa shape index (κ1) is 18.6. The number of hydrogen-bond acceptors (Lipinski definition) is 4. The lowest BCUT2D eigenvalue weighted by Crippen LogP contribution is -2.15. The molecular formula is C19H16ClF2N3O3. The molecule has 3 N–H and O–H groups in total. The number of carboxylic acids is 1. The van der Waals surface area contributed by atoms with Gasteiger partial charge in [-0.25, -0.2) is 4.98 Å². The van der Waals surface area contributed by atoms with Gasteiger partial charge < -0.3 is 20.1 Å². The monoisotopic (exact) mass is 407 g/mol. The summed E-state index contributed by atoms with van der Waals surface area (Å²) < 4.78 is 32.6. The Morgan fingerprint density at radius 3 is 2.89 bits per heavy atom. The second kappa shape index (κ2) is 7.03. The van der Waals surface area contributed by atoms with E-state index in [1.54, 1.807) is 24.3 Å². The van der Waals surface area contributed by atoms with Crippen molar-refractivity contribution < 1.29 is 23.4 Å². The standard InChI is InChI=1S/C19H16ClF2N3O3/c20-10-4-5-12-13(7-10)25-14(8-11(23)18(25)24-12)17-9(6-16(26)27)2-1-3-15(17)28-19(21)22/h1-5,7,11,14,19H,6,8,23H2,(H,26,27)/t11-,14-/m1/s1. The molecule has 0 bridgehead atoms. The topological polar surface area (TPSA) is 90.4 Å². The van der Waals surface area contributed by atoms with Crippen LogP contribution in [0.15, 0.2) is 36.4 Å². The minimum Gasteiger partial charge on any atom is -0.481 e. The van der Waals surface area contributed by atoms with Crippen molar-refractivity contribution in [3.8, 4) is 5.75 Å². The molecule has 2 atom stereocenters. The Hall–Kier alpha value is -2.71. The molecule has 6 nitrogen and oxygen atoms in total. The number of carbonyl (C=O) groups is 1. The SMILES string of the molecule is N[C@@H]1C[C@H](c2c(CC(=O)O)cccc2OC(F)F)n2c1nc1ccc(Cl)cc12. The van der Waals surface area contributed by atoms with Crippen LogP contribution in [-0.2, 0) is 11.2 Å². The van der Waals surface area contributed by atoms with Crippen LogP contribution in [0.25, 0.3) is 11.0 Å². The molecule has 0 saturated carbocycles. The molecule has 2 aromatic carbocycles. The van der Waals surface area contributed by atoms with Gasteiger partial charge >= 0.3 is 12.6 Å². The quantitative estimate of drug-likeness (QED) is 0.669. The van der Waals surface area contributed by atoms with Crippen LogP contribution < -0.4 is 10.5 Å². The molecule has 0 aliphatic carbocycles. The van der Waals surface area contributed by atoms with E-state index in [4.69, 9.17) is 22.1 Å². The fraction of sp³-hybridized carbons (Fsp3) is 0.263. The smallest absolute Gasteiger partial charge is 0.387 e. The predicted octanol–water partition coefficient (Wildman–Crippen LogP) is 3.91. The Kier molecular flexibility index (Phi) is 4.68. The fourth-order valence-corrected chi connectivity index (χ4v) is 4.02. The summed E-state index contributed by atoms with van der Waals surface area (Å²) in [6, 6.07) is 8.75. The van der Waals surface area contributed by atoms with Gasteiger partial charge in [-0.05, 0) is 36.2 Å². The minimum absolute atomic E-state index is 0.0670. The molecule has 3 aromatic rings. The summed E-state index contributed by atoms with van der Waals surface area (Å²) >= 11 is 6.13. The molecule has 2 heterocycles. The van der Waals surface area contributed by atoms with Gasteiger partial charge in [0, 0.05) is 10.6 Å². The highest BCUT2D eigenvalue weighted by molar-refractivity contribution is 6.31. The summed E-state index contributed by atoms with van der Waals surface area (Å²) in [5, 5.41) is 9.77. The van der Waals surface area contributed by atoms with Gasteiger partial charge in [-0.15, -0.1) is 0 Å². The zero-order valence-corrected chi connectivity index (χ0v) is 15.2. The number of alkyl halides is 2. The third kappa shape index (κ3) is 3.18. The van der Waals surface area contributed by atoms with Gasteiger partial charge in [-0.1, -0.05) is 23.7 Å². The van der Waals surface area contributed by atoms with Gasteiger partial charge in [0.1, 0.15) is 11.6 Å². The van der Waals surface area contributed by atoms with Crippen molar-refractivity contribution in [2.45, 2.75) is 31.5 Å². The largest absolute Gasteiger partial charge is 0.481 e. The van der Waals surface area contributed by atoms with E-state index in [1.807, 2.05) is 4.57 Å². The average Bonchev–Trinajstić information content (AvgIpc) is 3.12. The van der Waals surface area contributed by atoms with Crippen LogP contribution in [-0.4, -0.2) is 27.2 Å². The summed E-state index contributed by atoms with van der Waals surface area (Å²) in [6.45, 7) is -3.04. The molecule has 0 spiro atoms. The molecule has 28 heavy (non-hydrogen) atoms. The Morgan fingerprint density at radius 2 is 2.18 bits per heavy atom. The van der Waals surface area contributed by atoms with E-state index >= 15 is 0 Å². The van der Waals surface area contributed by atoms with Gasteiger partial charge in [-0.3, -0.25) is 4.79 Å². The molecule has 146 valence electrons. The summed E-state index contributed by atoms with van der Waals surface area (Å²) in [4.78, 5) is 15.9. The van der Waals surface area contributed by atoms with Crippen molar-refractivity contribution in [3.05, 3.63) is 58.4 Å². The first-order valence-corrected chi connectivity index (χ1v) is 8.94. The van der Waals surface area contributed by atoms with Crippen molar-refractivity contribution >= 4 is 28.6 Å². The first-order valence-electron chi connectivity index (χ1n) is 8.56. The van der Waals surface area contributed by atoms with Gasteiger partial charge in [0.05, 0.1) is 29.5 Å². The number of hydrogen-bond donors (Lipinski definition) is 2. The fourth-order valence-electron chi connectivity index (χ4n) is 3.86. The number of imidazole rings is 1. The number of aromatic nitrogens is 2. The molecule has 9 heteroatoms. The molecule has 0 amide bonds. The Labute approximate surface area is 163 Å². The number of fused-ring (bicyclic) bond motifs is 3. The number of ether oxygens (including phenoxy) is 1. The maximum atomic E-state index is 13.0. The number of aliphatic carboxylic acids is 1. The molecule has 1 aliphatic heterocycles. The molecule has 0 saturated heterocycles. The Morgan fingerprint density at radius 1 is 1.39 bits per heavy atom. The minimum atomic E-state index is -3.04. The van der Waals surface area contributed by atoms with Crippen LogP contribution in [0.4, 0.5) is 8.78 Å². The van der Waals surface area contributed by atoms with Crippen molar-refractivity contribution in [1.82, 2.24) is 9.55 Å². The molecule has 0 fully saturated rings. The lowest BCUT2D eigenvalue weighted by molar-refractivity contribution is -0.136. The van der Waals surface area contributed by atoms with Crippen molar-refractivity contribution in [3.63, 3.8) is 0 Å². The predicted molar refractivity (Wildman–Crippen MR) is 98.8 cm³/mol. The van der Waals surface area contributed by atoms with Crippen molar-refractivity contribution in [1.29, 1.82) is 0 Å². The Bertz CT molecular complexity index is 1070. The zero-order valence-electron chi connectivity index (χ0n) is 14.5. The second-order valence-electron chi connectivity index (χ2n) is 6.61. The number of nitrogens with two attached hydrogens (primary N) is 1. The van der Waals surface area contributed by atoms with Crippen LogP contribution in [0.3, 0.4) is 0 Å². The lowest BCUT2D eigenvalue weighted by atomic mass is 9.94. The summed E-state index contributed by atoms with van der Waals surface area (Å²) in [6.07, 6.45) is 0.0469. The van der Waals surface area contributed by atoms with Gasteiger partial charge in [0.25, 0.3) is 0 Å². The molecule has 1 aromatic heterocycles. The van der Waals surface area contributed by atoms with Crippen molar-refractivity contribution in [2.24, 2.45) is 5.73 Å². The van der Waals surface area contributed by atoms with Crippen LogP contribution in [0.5, 0.6) is 5.75 Å². The molecule has 0 unspecified atom stereocenters. The average molecular weight is 408 g/mol. The third-order valence-corrected chi connectivity index (χ3v) is 5.08. The van der Waals surface area contributed by atoms with E-state index in [-0.39, 0.29) is 12.2 Å². The number of rotatable bonds is 5. The van der Waals surface area contributed by atoms with E-state index in [0.29, 0.717) is 39.4 Å². The van der Waals surface area contributed by atoms with Crippen LogP contribution in [0.2, 0.25) is 5.02 Å². The summed E-state index contributed by atoms with van der Waals surface area (Å²) in [5.74, 6) is -0.547. The Balaban J connectivity index is 1.94. The number of halogens is 3. The second-order valence-corrected chi connectivity index (χ2v) is 7.05. The number of carboxylic acid groups (broad SMARTS) is 1. The maximum absolute atomic E-state index is 13.0. The number of nitrogens with zero attached hydrogens (tertiary/aromatic N) is 2. The van der Waals surface area contributed by atoms with Crippen LogP contribution >= 0.6 is 11.6 Å². The van der Waals surface area contributed by atoms with Gasteiger partial charge in [0.15, 0.2) is 0 Å². The van der Waals surface area contributed by atoms with E-state index in [9.17, 15) is 18.7 Å². The zero-order chi connectivity index (χ0) is 20.0. The highest BCUT2D eigenvalue weighted by Gasteiger charge is 2.36. The van der Waals surface area contributed by atoms with Crippen LogP contribution in [0, 0.1) is 0 Å². The van der Waals surface area contributed by atoms with E-state index in [2.05, 4.69) is 4.98 Å². The van der Waals surface area contributed by atoms with Gasteiger partial charge in [0.2, 0.25) is 0 Å². The normalized spacial score (nSPS) is 18.6. The lowest BCUT2D eigenvalue weighted by Gasteiger charge is -2.22.